The van der Waals surface area contributed by atoms with Gasteiger partial charge in [0.15, 0.2) is 0 Å². The molecule has 2 heteroatoms. The van der Waals surface area contributed by atoms with Crippen molar-refractivity contribution in [3.8, 4) is 0 Å². The number of aromatic nitrogens is 2. The quantitative estimate of drug-likeness (QED) is 0.456. The van der Waals surface area contributed by atoms with Gasteiger partial charge in [0.05, 0.1) is 4.11 Å². The van der Waals surface area contributed by atoms with E-state index in [-0.39, 0.29) is 18.3 Å². The summed E-state index contributed by atoms with van der Waals surface area (Å²) in [6.45, 7) is 0. The lowest BCUT2D eigenvalue weighted by molar-refractivity contribution is 1.03. The van der Waals surface area contributed by atoms with Gasteiger partial charge in [-0.25, -0.2) is 0 Å². The highest BCUT2D eigenvalue weighted by Gasteiger charge is 1.59. The molecular weight excluding hydrogens is 76.1 g/mol. The fourth-order valence-electron chi connectivity index (χ4n) is 0.176. The monoisotopic (exact) mass is 83.1 g/mol. The Kier molecular flexibility index (Phi) is 0.324. The molecule has 6 heavy (non-hydrogen) atoms. The lowest BCUT2D eigenvalue weighted by Crippen LogP contribution is -1.69. The van der Waals surface area contributed by atoms with Crippen molar-refractivity contribution in [1.29, 1.82) is 0 Å². The van der Waals surface area contributed by atoms with E-state index in [1.54, 1.807) is 0 Å². The highest BCUT2D eigenvalue weighted by Crippen LogP contribution is 1.68. The van der Waals surface area contributed by atoms with Crippen molar-refractivity contribution in [3.05, 3.63) is 24.5 Å². The molecule has 0 fully saturated rings. The molecule has 0 atom stereocenters. The molecule has 1 aromatic heterocycles. The molecular formula is C4H4N2. The molecule has 1 aromatic rings. The Balaban J connectivity index is 3.25. The number of hydrogen-bond acceptors (Lipinski definition) is 2. The average molecular weight is 83.1 g/mol. The van der Waals surface area contributed by atoms with Crippen LogP contribution in [0.15, 0.2) is 24.5 Å². The van der Waals surface area contributed by atoms with Crippen LogP contribution in [0.4, 0.5) is 0 Å². The highest BCUT2D eigenvalue weighted by molar-refractivity contribution is 4.79. The standard InChI is InChI=1S/C4H4N2/c1-2-4-6-5-3-1/h1-4H/i1D,2D,3D. The molecule has 0 bridgehead atoms. The third kappa shape index (κ3) is 0.516. The Morgan fingerprint density at radius 2 is 2.33 bits per heavy atom. The lowest BCUT2D eigenvalue weighted by Gasteiger charge is -1.69. The van der Waals surface area contributed by atoms with Crippen molar-refractivity contribution in [1.82, 2.24) is 10.2 Å². The van der Waals surface area contributed by atoms with Gasteiger partial charge < -0.3 is 0 Å². The van der Waals surface area contributed by atoms with Crippen molar-refractivity contribution in [3.63, 3.8) is 0 Å². The van der Waals surface area contributed by atoms with Gasteiger partial charge >= 0.3 is 0 Å². The van der Waals surface area contributed by atoms with Gasteiger partial charge in [0.2, 0.25) is 0 Å². The number of nitrogens with zero attached hydrogens (tertiary/aromatic N) is 2. The Hall–Kier alpha value is -0.920. The maximum atomic E-state index is 6.97. The zero-order valence-electron chi connectivity index (χ0n) is 5.97. The van der Waals surface area contributed by atoms with Gasteiger partial charge in [0.25, 0.3) is 0 Å². The second kappa shape index (κ2) is 1.50. The molecule has 0 saturated carbocycles. The second-order valence-corrected chi connectivity index (χ2v) is 0.726. The third-order valence-electron chi connectivity index (χ3n) is 0.358. The van der Waals surface area contributed by atoms with Crippen molar-refractivity contribution in [2.45, 2.75) is 0 Å². The summed E-state index contributed by atoms with van der Waals surface area (Å²) in [7, 11) is 0. The molecule has 0 spiro atoms. The molecule has 0 radical (unpaired) electrons. The Morgan fingerprint density at radius 3 is 3.00 bits per heavy atom. The van der Waals surface area contributed by atoms with Crippen LogP contribution < -0.4 is 0 Å². The molecule has 2 nitrogen and oxygen atoms in total. The minimum Gasteiger partial charge on any atom is -0.159 e. The summed E-state index contributed by atoms with van der Waals surface area (Å²) < 4.78 is 20.8. The maximum Gasteiger partial charge on any atom is 0.0860 e. The summed E-state index contributed by atoms with van der Waals surface area (Å²) in [5.74, 6) is 0. The molecule has 1 rings (SSSR count). The van der Waals surface area contributed by atoms with E-state index >= 15 is 0 Å². The topological polar surface area (TPSA) is 25.8 Å². The average Bonchev–Trinajstić information content (AvgIpc) is 1.83. The molecule has 1 heterocycles. The zero-order chi connectivity index (χ0) is 6.85. The molecule has 0 unspecified atom stereocenters. The van der Waals surface area contributed by atoms with Gasteiger partial charge in [0.1, 0.15) is 0 Å². The first-order valence-corrected chi connectivity index (χ1v) is 1.47. The highest BCUT2D eigenvalue weighted by atomic mass is 15.1. The molecule has 0 aromatic carbocycles. The lowest BCUT2D eigenvalue weighted by atomic mass is 10.6. The summed E-state index contributed by atoms with van der Waals surface area (Å²) in [5, 5.41) is 6.55. The summed E-state index contributed by atoms with van der Waals surface area (Å²) >= 11 is 0. The molecule has 0 aliphatic carbocycles. The van der Waals surface area contributed by atoms with Gasteiger partial charge in [-0.3, -0.25) is 0 Å². The van der Waals surface area contributed by atoms with Crippen LogP contribution >= 0.6 is 0 Å². The van der Waals surface area contributed by atoms with Gasteiger partial charge in [0, 0.05) is 12.4 Å². The molecule has 0 amide bonds. The second-order valence-electron chi connectivity index (χ2n) is 0.726. The van der Waals surface area contributed by atoms with Crippen LogP contribution in [0.25, 0.3) is 0 Å². The van der Waals surface area contributed by atoms with Gasteiger partial charge in [-0.15, -0.1) is 0 Å². The zero-order valence-corrected chi connectivity index (χ0v) is 2.97. The number of rotatable bonds is 0. The number of hydrogen-bond donors (Lipinski definition) is 0. The van der Waals surface area contributed by atoms with Crippen LogP contribution in [0.1, 0.15) is 4.11 Å². The predicted molar refractivity (Wildman–Crippen MR) is 22.0 cm³/mol. The molecule has 0 aliphatic heterocycles. The molecule has 30 valence electrons. The summed E-state index contributed by atoms with van der Waals surface area (Å²) in [4.78, 5) is 0. The molecule has 0 saturated heterocycles. The van der Waals surface area contributed by atoms with Gasteiger partial charge in [-0.05, 0) is 12.1 Å². The predicted octanol–water partition coefficient (Wildman–Crippen LogP) is 0.477. The van der Waals surface area contributed by atoms with Crippen molar-refractivity contribution < 1.29 is 4.11 Å². The molecule has 0 aliphatic rings. The first kappa shape index (κ1) is 1.30. The summed E-state index contributed by atoms with van der Waals surface area (Å²) in [5.41, 5.74) is 0. The van der Waals surface area contributed by atoms with Crippen molar-refractivity contribution in [2.24, 2.45) is 0 Å². The van der Waals surface area contributed by atoms with Crippen LogP contribution in [-0.4, -0.2) is 10.2 Å². The Labute approximate surface area is 40.1 Å². The van der Waals surface area contributed by atoms with Crippen LogP contribution in [0.3, 0.4) is 0 Å². The Bertz CT molecular complexity index is 205. The van der Waals surface area contributed by atoms with E-state index in [2.05, 4.69) is 10.2 Å². The normalized spacial score (nSPS) is 15.0. The van der Waals surface area contributed by atoms with Crippen molar-refractivity contribution >= 4 is 0 Å². The van der Waals surface area contributed by atoms with Crippen LogP contribution in [0.2, 0.25) is 0 Å². The largest absolute Gasteiger partial charge is 0.159 e. The minimum absolute atomic E-state index is 0.0602. The third-order valence-corrected chi connectivity index (χ3v) is 0.358. The summed E-state index contributed by atoms with van der Waals surface area (Å²) in [6, 6.07) is -0.236. The van der Waals surface area contributed by atoms with Crippen LogP contribution in [0, 0.1) is 0 Å². The maximum absolute atomic E-state index is 6.97. The van der Waals surface area contributed by atoms with E-state index in [0.717, 1.165) is 6.20 Å². The van der Waals surface area contributed by atoms with E-state index in [9.17, 15) is 0 Å². The fraction of sp³-hybridized carbons (Fsp3) is 0. The van der Waals surface area contributed by atoms with E-state index in [1.165, 1.54) is 0 Å². The molecule has 0 N–H and O–H groups in total. The van der Waals surface area contributed by atoms with Gasteiger partial charge in [-0.1, -0.05) is 0 Å². The van der Waals surface area contributed by atoms with E-state index in [0.29, 0.717) is 0 Å². The van der Waals surface area contributed by atoms with E-state index in [1.807, 2.05) is 0 Å². The smallest absolute Gasteiger partial charge is 0.0860 e. The van der Waals surface area contributed by atoms with Crippen molar-refractivity contribution in [2.75, 3.05) is 0 Å². The summed E-state index contributed by atoms with van der Waals surface area (Å²) in [6.07, 6.45) is 0.892. The Morgan fingerprint density at radius 1 is 1.33 bits per heavy atom. The van der Waals surface area contributed by atoms with E-state index in [4.69, 9.17) is 4.11 Å². The van der Waals surface area contributed by atoms with Crippen LogP contribution in [0.5, 0.6) is 0 Å². The SMILES string of the molecule is [2H]c1cnnc([2H])c1[2H]. The first-order valence-electron chi connectivity index (χ1n) is 2.97. The van der Waals surface area contributed by atoms with Gasteiger partial charge in [-0.2, -0.15) is 10.2 Å². The minimum atomic E-state index is -0.248. The fourth-order valence-corrected chi connectivity index (χ4v) is 0.176. The first-order chi connectivity index (χ1) is 4.22. The van der Waals surface area contributed by atoms with Crippen LogP contribution in [-0.2, 0) is 0 Å². The van der Waals surface area contributed by atoms with E-state index < -0.39 is 0 Å².